The number of rotatable bonds is 7. The smallest absolute Gasteiger partial charge is 0.341 e. The van der Waals surface area contributed by atoms with E-state index in [9.17, 15) is 9.59 Å². The van der Waals surface area contributed by atoms with Crippen LogP contribution in [0.2, 0.25) is 0 Å². The van der Waals surface area contributed by atoms with E-state index in [-0.39, 0.29) is 18.7 Å². The number of fused-ring (bicyclic) bond motifs is 1. The molecule has 38 heavy (non-hydrogen) atoms. The van der Waals surface area contributed by atoms with E-state index >= 15 is 0 Å². The van der Waals surface area contributed by atoms with Gasteiger partial charge in [0.1, 0.15) is 11.3 Å². The Morgan fingerprint density at radius 2 is 1.71 bits per heavy atom. The number of aliphatic hydroxyl groups is 1. The Hall–Kier alpha value is -3.60. The molecule has 3 rings (SSSR count). The maximum atomic E-state index is 12.0. The van der Waals surface area contributed by atoms with Crippen molar-refractivity contribution in [2.45, 2.75) is 60.6 Å². The molecular weight excluding hydrogens is 482 g/mol. The normalized spacial score (nSPS) is 9.68. The fraction of sp³-hybridized carbons (Fsp3) is 0.419. The molecule has 0 spiro atoms. The van der Waals surface area contributed by atoms with Crippen molar-refractivity contribution in [2.24, 2.45) is 5.92 Å². The second-order valence-corrected chi connectivity index (χ2v) is 9.08. The molecule has 0 saturated carbocycles. The average molecular weight is 526 g/mol. The van der Waals surface area contributed by atoms with Gasteiger partial charge >= 0.3 is 5.97 Å². The number of aryl methyl sites for hydroxylation is 1. The SMILES string of the molecule is C#CCCC.CC(C)C.COCc1ccc(OC)cc1.Cc1ccc2c(=O)c(C(=O)O)cn(CCO)c2c1. The highest BCUT2D eigenvalue weighted by Crippen LogP contribution is 2.14. The topological polar surface area (TPSA) is 98.0 Å². The summed E-state index contributed by atoms with van der Waals surface area (Å²) in [5, 5.41) is 18.4. The second kappa shape index (κ2) is 19.5. The first-order valence-corrected chi connectivity index (χ1v) is 12.6. The van der Waals surface area contributed by atoms with Gasteiger partial charge in [0, 0.05) is 31.7 Å². The summed E-state index contributed by atoms with van der Waals surface area (Å²) in [6, 6.07) is 13.0. The molecule has 0 radical (unpaired) electrons. The van der Waals surface area contributed by atoms with Gasteiger partial charge in [-0.25, -0.2) is 4.79 Å². The number of ether oxygens (including phenoxy) is 2. The van der Waals surface area contributed by atoms with Gasteiger partial charge in [0.05, 0.1) is 25.8 Å². The van der Waals surface area contributed by atoms with E-state index in [0.717, 1.165) is 35.6 Å². The Morgan fingerprint density at radius 1 is 1.11 bits per heavy atom. The van der Waals surface area contributed by atoms with Crippen LogP contribution in [0.15, 0.2) is 53.5 Å². The molecule has 0 bridgehead atoms. The number of hydrogen-bond donors (Lipinski definition) is 2. The number of nitrogens with zero attached hydrogens (tertiary/aromatic N) is 1. The molecule has 0 atom stereocenters. The predicted octanol–water partition coefficient (Wildman–Crippen LogP) is 5.92. The molecule has 0 saturated heterocycles. The van der Waals surface area contributed by atoms with E-state index in [2.05, 4.69) is 33.6 Å². The van der Waals surface area contributed by atoms with Crippen molar-refractivity contribution in [3.8, 4) is 18.1 Å². The zero-order valence-electron chi connectivity index (χ0n) is 23.8. The number of methoxy groups -OCH3 is 2. The highest BCUT2D eigenvalue weighted by Gasteiger charge is 2.14. The molecule has 0 aliphatic heterocycles. The van der Waals surface area contributed by atoms with Crippen LogP contribution in [0.4, 0.5) is 0 Å². The van der Waals surface area contributed by atoms with E-state index in [4.69, 9.17) is 26.1 Å². The van der Waals surface area contributed by atoms with Gasteiger partial charge in [0.2, 0.25) is 5.43 Å². The van der Waals surface area contributed by atoms with Gasteiger partial charge in [-0.3, -0.25) is 4.79 Å². The molecule has 0 amide bonds. The lowest BCUT2D eigenvalue weighted by molar-refractivity contribution is 0.0694. The van der Waals surface area contributed by atoms with E-state index < -0.39 is 11.4 Å². The number of aromatic nitrogens is 1. The van der Waals surface area contributed by atoms with Crippen LogP contribution in [-0.2, 0) is 17.9 Å². The fourth-order valence-electron chi connectivity index (χ4n) is 2.98. The van der Waals surface area contributed by atoms with Crippen LogP contribution in [-0.4, -0.2) is 41.6 Å². The van der Waals surface area contributed by atoms with Crippen molar-refractivity contribution >= 4 is 16.9 Å². The van der Waals surface area contributed by atoms with Crippen LogP contribution in [0.3, 0.4) is 0 Å². The number of benzene rings is 2. The van der Waals surface area contributed by atoms with Gasteiger partial charge in [-0.15, -0.1) is 12.3 Å². The number of unbranched alkanes of at least 4 members (excludes halogenated alkanes) is 1. The largest absolute Gasteiger partial charge is 0.497 e. The molecule has 0 aliphatic carbocycles. The summed E-state index contributed by atoms with van der Waals surface area (Å²) in [6.07, 6.45) is 8.19. The summed E-state index contributed by atoms with van der Waals surface area (Å²) in [7, 11) is 3.34. The van der Waals surface area contributed by atoms with Gasteiger partial charge in [-0.05, 0) is 54.7 Å². The Labute approximate surface area is 227 Å². The van der Waals surface area contributed by atoms with Gasteiger partial charge < -0.3 is 24.3 Å². The minimum absolute atomic E-state index is 0.120. The fourth-order valence-corrected chi connectivity index (χ4v) is 2.98. The lowest BCUT2D eigenvalue weighted by Crippen LogP contribution is -2.19. The zero-order chi connectivity index (χ0) is 29.1. The summed E-state index contributed by atoms with van der Waals surface area (Å²) in [4.78, 5) is 23.0. The molecule has 1 heterocycles. The monoisotopic (exact) mass is 525 g/mol. The second-order valence-electron chi connectivity index (χ2n) is 9.08. The van der Waals surface area contributed by atoms with Crippen LogP contribution in [0, 0.1) is 25.2 Å². The number of hydrogen-bond acceptors (Lipinski definition) is 5. The third kappa shape index (κ3) is 13.1. The number of carbonyl (C=O) groups is 1. The summed E-state index contributed by atoms with van der Waals surface area (Å²) in [6.45, 7) is 11.2. The third-order valence-electron chi connectivity index (χ3n) is 4.67. The standard InChI is InChI=1S/C13H13NO4.C9H12O2.C5H8.C4H10/c1-8-2-3-9-11(6-8)14(4-5-15)7-10(12(9)16)13(17)18;1-10-7-8-3-5-9(11-2)6-4-8;1-3-5-4-2;1-4(2)3/h2-3,6-7,15H,4-5H2,1H3,(H,17,18);3-6H,7H2,1-2H3;1H,4-5H2,2H3;4H,1-3H3. The molecule has 1 aromatic heterocycles. The Morgan fingerprint density at radius 3 is 2.13 bits per heavy atom. The summed E-state index contributed by atoms with van der Waals surface area (Å²) < 4.78 is 11.6. The van der Waals surface area contributed by atoms with Crippen LogP contribution in [0.1, 0.15) is 62.0 Å². The highest BCUT2D eigenvalue weighted by molar-refractivity contribution is 5.92. The maximum Gasteiger partial charge on any atom is 0.341 e. The Balaban J connectivity index is 0.000000580. The highest BCUT2D eigenvalue weighted by atomic mass is 16.5. The van der Waals surface area contributed by atoms with Crippen molar-refractivity contribution in [1.82, 2.24) is 4.57 Å². The van der Waals surface area contributed by atoms with Crippen LogP contribution >= 0.6 is 0 Å². The first-order valence-electron chi connectivity index (χ1n) is 12.6. The van der Waals surface area contributed by atoms with E-state index in [0.29, 0.717) is 17.5 Å². The molecule has 0 unspecified atom stereocenters. The van der Waals surface area contributed by atoms with Crippen molar-refractivity contribution < 1.29 is 24.5 Å². The van der Waals surface area contributed by atoms with E-state index in [1.165, 1.54) is 6.20 Å². The number of carboxylic acids is 1. The minimum Gasteiger partial charge on any atom is -0.497 e. The molecule has 0 fully saturated rings. The molecule has 3 aromatic rings. The van der Waals surface area contributed by atoms with Crippen molar-refractivity contribution in [1.29, 1.82) is 0 Å². The molecule has 0 aliphatic rings. The van der Waals surface area contributed by atoms with Crippen molar-refractivity contribution in [3.05, 3.63) is 75.6 Å². The summed E-state index contributed by atoms with van der Waals surface area (Å²) in [5.41, 5.74) is 2.00. The summed E-state index contributed by atoms with van der Waals surface area (Å²) >= 11 is 0. The summed E-state index contributed by atoms with van der Waals surface area (Å²) in [5.74, 6) is 2.97. The van der Waals surface area contributed by atoms with E-state index in [1.54, 1.807) is 37.0 Å². The van der Waals surface area contributed by atoms with Gasteiger partial charge in [0.25, 0.3) is 0 Å². The van der Waals surface area contributed by atoms with Crippen LogP contribution < -0.4 is 10.2 Å². The number of carboxylic acid groups (broad SMARTS) is 1. The zero-order valence-corrected chi connectivity index (χ0v) is 23.8. The van der Waals surface area contributed by atoms with Crippen LogP contribution in [0.25, 0.3) is 10.9 Å². The third-order valence-corrected chi connectivity index (χ3v) is 4.67. The molecule has 7 nitrogen and oxygen atoms in total. The molecule has 2 aromatic carbocycles. The quantitative estimate of drug-likeness (QED) is 0.371. The lowest BCUT2D eigenvalue weighted by Gasteiger charge is -2.11. The van der Waals surface area contributed by atoms with Crippen molar-refractivity contribution in [3.63, 3.8) is 0 Å². The predicted molar refractivity (Wildman–Crippen MR) is 155 cm³/mol. The Kier molecular flexibility index (Phi) is 17.7. The van der Waals surface area contributed by atoms with E-state index in [1.807, 2.05) is 31.2 Å². The average Bonchev–Trinajstić information content (AvgIpc) is 2.87. The first-order chi connectivity index (χ1) is 18.1. The number of aromatic carboxylic acids is 1. The molecular formula is C31H43NO6. The van der Waals surface area contributed by atoms with Crippen LogP contribution in [0.5, 0.6) is 5.75 Å². The number of aliphatic hydroxyl groups excluding tert-OH is 1. The van der Waals surface area contributed by atoms with Gasteiger partial charge in [-0.1, -0.05) is 45.9 Å². The molecule has 7 heteroatoms. The van der Waals surface area contributed by atoms with Crippen molar-refractivity contribution in [2.75, 3.05) is 20.8 Å². The number of pyridine rings is 1. The Bertz CT molecular complexity index is 1190. The van der Waals surface area contributed by atoms with Gasteiger partial charge in [0.15, 0.2) is 0 Å². The molecule has 2 N–H and O–H groups in total. The number of terminal acetylenes is 1. The minimum atomic E-state index is -1.26. The molecule has 208 valence electrons. The van der Waals surface area contributed by atoms with Gasteiger partial charge in [-0.2, -0.15) is 0 Å². The lowest BCUT2D eigenvalue weighted by atomic mass is 10.1. The maximum absolute atomic E-state index is 12.0. The first kappa shape index (κ1) is 34.4.